The third-order valence-electron chi connectivity index (χ3n) is 3.27. The Bertz CT molecular complexity index is 624. The van der Waals surface area contributed by atoms with Gasteiger partial charge < -0.3 is 42.7 Å². The number of nitrogens with one attached hydrogen (secondary N) is 3. The number of nitrogens with two attached hydrogens (primary N) is 2. The maximum Gasteiger partial charge on any atom is 0.322 e. The Kier molecular flexibility index (Phi) is 10.8. The molecule has 0 fully saturated rings. The molecule has 0 saturated carbocycles. The Morgan fingerprint density at radius 3 is 1.89 bits per heavy atom. The minimum absolute atomic E-state index is 0.290. The first-order valence-corrected chi connectivity index (χ1v) is 7.94. The highest BCUT2D eigenvalue weighted by Gasteiger charge is 2.28. The molecule has 0 aromatic heterocycles. The molecule has 0 aliphatic heterocycles. The Balaban J connectivity index is 5.09. The van der Waals surface area contributed by atoms with Crippen molar-refractivity contribution in [2.75, 3.05) is 13.2 Å². The maximum absolute atomic E-state index is 12.3. The number of primary amides is 1. The number of aliphatic hydroxyl groups is 1. The summed E-state index contributed by atoms with van der Waals surface area (Å²) in [5.41, 5.74) is 10.4. The second kappa shape index (κ2) is 12.2. The van der Waals surface area contributed by atoms with E-state index in [2.05, 4.69) is 10.6 Å². The molecule has 0 aliphatic carbocycles. The summed E-state index contributed by atoms with van der Waals surface area (Å²) in [6.07, 6.45) is -1.34. The second-order valence-electron chi connectivity index (χ2n) is 5.63. The molecule has 10 N–H and O–H groups in total. The Morgan fingerprint density at radius 1 is 0.857 bits per heavy atom. The van der Waals surface area contributed by atoms with Crippen molar-refractivity contribution >= 4 is 35.6 Å². The molecule has 3 atom stereocenters. The smallest absolute Gasteiger partial charge is 0.322 e. The van der Waals surface area contributed by atoms with E-state index in [4.69, 9.17) is 21.7 Å². The van der Waals surface area contributed by atoms with Crippen LogP contribution in [0, 0.1) is 0 Å². The number of carbonyl (C=O) groups is 6. The summed E-state index contributed by atoms with van der Waals surface area (Å²) in [4.78, 5) is 68.0. The fourth-order valence-corrected chi connectivity index (χ4v) is 1.87. The number of aliphatic hydroxyl groups excluding tert-OH is 1. The Morgan fingerprint density at radius 2 is 1.43 bits per heavy atom. The van der Waals surface area contributed by atoms with Crippen molar-refractivity contribution in [3.05, 3.63) is 0 Å². The first kappa shape index (κ1) is 24.7. The highest BCUT2D eigenvalue weighted by molar-refractivity contribution is 5.94. The molecule has 14 nitrogen and oxygen atoms in total. The van der Waals surface area contributed by atoms with E-state index in [0.717, 1.165) is 0 Å². The zero-order chi connectivity index (χ0) is 21.9. The number of carbonyl (C=O) groups excluding carboxylic acids is 4. The van der Waals surface area contributed by atoms with Crippen LogP contribution in [0.15, 0.2) is 0 Å². The zero-order valence-electron chi connectivity index (χ0n) is 14.7. The molecular formula is C14H23N5O9. The summed E-state index contributed by atoms with van der Waals surface area (Å²) in [7, 11) is 0. The Hall–Kier alpha value is -3.26. The lowest BCUT2D eigenvalue weighted by atomic mass is 10.1. The van der Waals surface area contributed by atoms with Crippen LogP contribution in [0.25, 0.3) is 0 Å². The third-order valence-corrected chi connectivity index (χ3v) is 3.27. The van der Waals surface area contributed by atoms with Crippen molar-refractivity contribution in [3.8, 4) is 0 Å². The monoisotopic (exact) mass is 405 g/mol. The van der Waals surface area contributed by atoms with Gasteiger partial charge in [0.15, 0.2) is 0 Å². The van der Waals surface area contributed by atoms with Gasteiger partial charge in [0.05, 0.1) is 19.1 Å². The highest BCUT2D eigenvalue weighted by atomic mass is 16.4. The van der Waals surface area contributed by atoms with E-state index in [1.807, 2.05) is 5.32 Å². The maximum atomic E-state index is 12.3. The number of hydrogen-bond acceptors (Lipinski definition) is 8. The number of hydrogen-bond donors (Lipinski definition) is 8. The molecule has 158 valence electrons. The SMILES string of the molecule is NC(=O)CCC(NC(=O)C(N)CC(=O)O)C(=O)NC(CO)C(=O)NCC(=O)O. The quantitative estimate of drug-likeness (QED) is 0.145. The zero-order valence-corrected chi connectivity index (χ0v) is 14.7. The van der Waals surface area contributed by atoms with Gasteiger partial charge in [-0.15, -0.1) is 0 Å². The van der Waals surface area contributed by atoms with Crippen molar-refractivity contribution in [1.82, 2.24) is 16.0 Å². The van der Waals surface area contributed by atoms with Gasteiger partial charge in [-0.05, 0) is 6.42 Å². The second-order valence-corrected chi connectivity index (χ2v) is 5.63. The van der Waals surface area contributed by atoms with Crippen molar-refractivity contribution in [1.29, 1.82) is 0 Å². The molecule has 14 heteroatoms. The van der Waals surface area contributed by atoms with Crippen LogP contribution in [-0.4, -0.2) is 82.2 Å². The minimum Gasteiger partial charge on any atom is -0.481 e. The predicted octanol–water partition coefficient (Wildman–Crippen LogP) is -4.78. The normalized spacial score (nSPS) is 13.5. The Labute approximate surface area is 158 Å². The summed E-state index contributed by atoms with van der Waals surface area (Å²) in [5.74, 6) is -6.49. The molecule has 0 aromatic rings. The van der Waals surface area contributed by atoms with Gasteiger partial charge in [0.25, 0.3) is 0 Å². The minimum atomic E-state index is -1.53. The van der Waals surface area contributed by atoms with Crippen LogP contribution >= 0.6 is 0 Å². The lowest BCUT2D eigenvalue weighted by Crippen LogP contribution is -2.57. The van der Waals surface area contributed by atoms with Gasteiger partial charge in [-0.25, -0.2) is 0 Å². The van der Waals surface area contributed by atoms with Crippen molar-refractivity contribution < 1.29 is 44.1 Å². The van der Waals surface area contributed by atoms with Gasteiger partial charge in [-0.2, -0.15) is 0 Å². The van der Waals surface area contributed by atoms with Crippen molar-refractivity contribution in [3.63, 3.8) is 0 Å². The first-order valence-electron chi connectivity index (χ1n) is 7.94. The number of carboxylic acids is 2. The standard InChI is InChI=1S/C14H23N5O9/c15-6(3-10(22)23)12(26)18-7(1-2-9(16)21)14(28)19-8(5-20)13(27)17-4-11(24)25/h6-8,20H,1-5,15H2,(H2,16,21)(H,17,27)(H,18,26)(H,19,28)(H,22,23)(H,24,25). The molecule has 0 radical (unpaired) electrons. The van der Waals surface area contributed by atoms with Crippen LogP contribution in [0.5, 0.6) is 0 Å². The van der Waals surface area contributed by atoms with E-state index in [1.54, 1.807) is 0 Å². The lowest BCUT2D eigenvalue weighted by Gasteiger charge is -2.22. The predicted molar refractivity (Wildman–Crippen MR) is 90.2 cm³/mol. The summed E-state index contributed by atoms with van der Waals surface area (Å²) in [6.45, 7) is -1.64. The van der Waals surface area contributed by atoms with Crippen molar-refractivity contribution in [2.24, 2.45) is 11.5 Å². The van der Waals surface area contributed by atoms with Crippen LogP contribution in [0.4, 0.5) is 0 Å². The molecule has 0 saturated heterocycles. The van der Waals surface area contributed by atoms with Gasteiger partial charge in [0, 0.05) is 6.42 Å². The fourth-order valence-electron chi connectivity index (χ4n) is 1.87. The van der Waals surface area contributed by atoms with Gasteiger partial charge in [-0.1, -0.05) is 0 Å². The highest BCUT2D eigenvalue weighted by Crippen LogP contribution is 2.01. The number of carboxylic acid groups (broad SMARTS) is 2. The molecule has 0 aliphatic rings. The first-order chi connectivity index (χ1) is 13.0. The van der Waals surface area contributed by atoms with Gasteiger partial charge in [0.2, 0.25) is 23.6 Å². The van der Waals surface area contributed by atoms with E-state index in [0.29, 0.717) is 0 Å². The van der Waals surface area contributed by atoms with E-state index >= 15 is 0 Å². The summed E-state index contributed by atoms with van der Waals surface area (Å²) in [6, 6.07) is -4.43. The van der Waals surface area contributed by atoms with Crippen LogP contribution in [0.2, 0.25) is 0 Å². The summed E-state index contributed by atoms with van der Waals surface area (Å²) >= 11 is 0. The molecule has 3 unspecified atom stereocenters. The largest absolute Gasteiger partial charge is 0.481 e. The van der Waals surface area contributed by atoms with Crippen LogP contribution in [0.3, 0.4) is 0 Å². The average molecular weight is 405 g/mol. The van der Waals surface area contributed by atoms with E-state index < -0.39 is 73.3 Å². The average Bonchev–Trinajstić information content (AvgIpc) is 2.59. The van der Waals surface area contributed by atoms with E-state index in [9.17, 15) is 33.9 Å². The van der Waals surface area contributed by atoms with Crippen molar-refractivity contribution in [2.45, 2.75) is 37.4 Å². The fraction of sp³-hybridized carbons (Fsp3) is 0.571. The molecular weight excluding hydrogens is 382 g/mol. The molecule has 0 bridgehead atoms. The molecule has 28 heavy (non-hydrogen) atoms. The number of aliphatic carboxylic acids is 2. The van der Waals surface area contributed by atoms with E-state index in [-0.39, 0.29) is 12.8 Å². The van der Waals surface area contributed by atoms with Crippen LogP contribution in [-0.2, 0) is 28.8 Å². The molecule has 0 heterocycles. The summed E-state index contributed by atoms with van der Waals surface area (Å²) < 4.78 is 0. The molecule has 0 aromatic carbocycles. The number of amides is 4. The number of rotatable bonds is 13. The van der Waals surface area contributed by atoms with Crippen LogP contribution in [0.1, 0.15) is 19.3 Å². The van der Waals surface area contributed by atoms with E-state index in [1.165, 1.54) is 0 Å². The van der Waals surface area contributed by atoms with Gasteiger partial charge in [-0.3, -0.25) is 28.8 Å². The lowest BCUT2D eigenvalue weighted by molar-refractivity contribution is -0.140. The topological polar surface area (TPSA) is 251 Å². The molecule has 0 rings (SSSR count). The summed E-state index contributed by atoms with van der Waals surface area (Å²) in [5, 5.41) is 32.5. The van der Waals surface area contributed by atoms with Gasteiger partial charge in [0.1, 0.15) is 18.6 Å². The third kappa shape index (κ3) is 10.0. The van der Waals surface area contributed by atoms with Gasteiger partial charge >= 0.3 is 11.9 Å². The molecule has 0 spiro atoms. The van der Waals surface area contributed by atoms with Crippen LogP contribution < -0.4 is 27.4 Å². The molecule has 4 amide bonds.